The van der Waals surface area contributed by atoms with E-state index in [1.54, 1.807) is 0 Å². The molecule has 11 heteroatoms. The molecule has 0 fully saturated rings. The molecule has 0 radical (unpaired) electrons. The number of carbonyl (C=O) groups excluding carboxylic acids is 2. The van der Waals surface area contributed by atoms with Gasteiger partial charge in [0.25, 0.3) is 0 Å². The quantitative estimate of drug-likeness (QED) is 0.0234. The Kier molecular flexibility index (Phi) is 41.9. The smallest absolute Gasteiger partial charge is 0.462 e. The maximum atomic E-state index is 12.6. The van der Waals surface area contributed by atoms with Gasteiger partial charge in [-0.2, -0.15) is 0 Å². The molecular formula is C46H89O10P. The molecule has 0 aliphatic carbocycles. The Labute approximate surface area is 349 Å². The highest BCUT2D eigenvalue weighted by atomic mass is 31.2. The third-order valence-corrected chi connectivity index (χ3v) is 11.4. The molecule has 0 spiro atoms. The first kappa shape index (κ1) is 55.7. The number of unbranched alkanes of at least 4 members (excludes halogenated alkanes) is 29. The number of phosphoric ester groups is 1. The summed E-state index contributed by atoms with van der Waals surface area (Å²) in [4.78, 5) is 35.0. The molecule has 57 heavy (non-hydrogen) atoms. The largest absolute Gasteiger partial charge is 0.472 e. The van der Waals surface area contributed by atoms with Crippen LogP contribution in [-0.2, 0) is 32.7 Å². The number of ether oxygens (including phenoxy) is 2. The molecule has 0 amide bonds. The van der Waals surface area contributed by atoms with Crippen LogP contribution in [0.5, 0.6) is 0 Å². The van der Waals surface area contributed by atoms with Crippen LogP contribution < -0.4 is 0 Å². The van der Waals surface area contributed by atoms with Crippen molar-refractivity contribution < 1.29 is 47.8 Å². The Morgan fingerprint density at radius 1 is 0.509 bits per heavy atom. The van der Waals surface area contributed by atoms with Crippen LogP contribution in [0.4, 0.5) is 0 Å². The van der Waals surface area contributed by atoms with Crippen LogP contribution in [0, 0.1) is 0 Å². The van der Waals surface area contributed by atoms with Crippen LogP contribution in [0.25, 0.3) is 0 Å². The number of rotatable bonds is 45. The van der Waals surface area contributed by atoms with Gasteiger partial charge in [0.15, 0.2) is 6.10 Å². The molecule has 3 N–H and O–H groups in total. The Morgan fingerprint density at radius 3 is 1.32 bits per heavy atom. The maximum Gasteiger partial charge on any atom is 0.472 e. The van der Waals surface area contributed by atoms with Crippen molar-refractivity contribution in [1.82, 2.24) is 0 Å². The summed E-state index contributed by atoms with van der Waals surface area (Å²) in [7, 11) is -4.61. The van der Waals surface area contributed by atoms with Gasteiger partial charge in [-0.3, -0.25) is 18.6 Å². The van der Waals surface area contributed by atoms with E-state index in [0.717, 1.165) is 51.4 Å². The van der Waals surface area contributed by atoms with Crippen LogP contribution in [0.15, 0.2) is 12.2 Å². The summed E-state index contributed by atoms with van der Waals surface area (Å²) in [6.45, 7) is 2.36. The van der Waals surface area contributed by atoms with Crippen molar-refractivity contribution in [2.75, 3.05) is 26.4 Å². The molecule has 10 nitrogen and oxygen atoms in total. The lowest BCUT2D eigenvalue weighted by Crippen LogP contribution is -2.29. The third-order valence-electron chi connectivity index (χ3n) is 10.4. The number of aliphatic hydroxyl groups is 2. The first-order valence-electron chi connectivity index (χ1n) is 23.6. The number of phosphoric acid groups is 1. The highest BCUT2D eigenvalue weighted by Crippen LogP contribution is 2.43. The van der Waals surface area contributed by atoms with Crippen LogP contribution in [-0.4, -0.2) is 65.7 Å². The molecule has 0 saturated heterocycles. The van der Waals surface area contributed by atoms with Gasteiger partial charge in [-0.05, 0) is 32.1 Å². The first-order chi connectivity index (χ1) is 27.7. The molecule has 0 aromatic rings. The molecule has 0 bridgehead atoms. The summed E-state index contributed by atoms with van der Waals surface area (Å²) < 4.78 is 32.7. The molecule has 0 aliphatic rings. The zero-order valence-electron chi connectivity index (χ0n) is 36.8. The average Bonchev–Trinajstić information content (AvgIpc) is 3.20. The molecule has 3 unspecified atom stereocenters. The van der Waals surface area contributed by atoms with E-state index >= 15 is 0 Å². The minimum absolute atomic E-state index is 0.177. The standard InChI is InChI=1S/C46H89O10P/c1-3-5-7-9-11-13-15-16-17-18-19-20-21-22-23-24-25-26-28-29-31-33-35-37-45(49)53-41-44(42-55-57(51,52)54-40-43(48)39-47)56-46(50)38-36-34-32-30-27-14-12-10-8-6-4-2/h10,12,43-44,47-48H,3-9,11,13-42H2,1-2H3,(H,51,52)/b12-10-. The van der Waals surface area contributed by atoms with E-state index in [0.29, 0.717) is 12.8 Å². The fourth-order valence-corrected chi connectivity index (χ4v) is 7.53. The zero-order valence-corrected chi connectivity index (χ0v) is 37.7. The van der Waals surface area contributed by atoms with Crippen molar-refractivity contribution in [2.24, 2.45) is 0 Å². The van der Waals surface area contributed by atoms with Crippen LogP contribution >= 0.6 is 7.82 Å². The maximum absolute atomic E-state index is 12.6. The summed E-state index contributed by atoms with van der Waals surface area (Å²) in [6.07, 6.45) is 42.0. The average molecular weight is 833 g/mol. The summed E-state index contributed by atoms with van der Waals surface area (Å²) in [5, 5.41) is 18.3. The van der Waals surface area contributed by atoms with E-state index in [-0.39, 0.29) is 19.4 Å². The monoisotopic (exact) mass is 833 g/mol. The summed E-state index contributed by atoms with van der Waals surface area (Å²) in [5.74, 6) is -0.924. The van der Waals surface area contributed by atoms with Gasteiger partial charge in [-0.15, -0.1) is 0 Å². The van der Waals surface area contributed by atoms with E-state index in [1.165, 1.54) is 141 Å². The predicted octanol–water partition coefficient (Wildman–Crippen LogP) is 12.8. The molecule has 0 rings (SSSR count). The molecule has 338 valence electrons. The van der Waals surface area contributed by atoms with Crippen molar-refractivity contribution in [3.05, 3.63) is 12.2 Å². The second kappa shape index (κ2) is 42.8. The number of allylic oxidation sites excluding steroid dienone is 2. The van der Waals surface area contributed by atoms with Crippen LogP contribution in [0.2, 0.25) is 0 Å². The minimum Gasteiger partial charge on any atom is -0.462 e. The second-order valence-corrected chi connectivity index (χ2v) is 17.6. The SMILES string of the molecule is CCCC/C=C\CCCCCCCC(=O)OC(COC(=O)CCCCCCCCCCCCCCCCCCCCCCCCC)COP(=O)(O)OCC(O)CO. The van der Waals surface area contributed by atoms with E-state index in [1.807, 2.05) is 0 Å². The molecule has 0 saturated carbocycles. The molecule has 0 heterocycles. The lowest BCUT2D eigenvalue weighted by Gasteiger charge is -2.20. The Morgan fingerprint density at radius 2 is 0.877 bits per heavy atom. The number of aliphatic hydroxyl groups excluding tert-OH is 2. The fourth-order valence-electron chi connectivity index (χ4n) is 6.74. The van der Waals surface area contributed by atoms with E-state index in [2.05, 4.69) is 30.5 Å². The highest BCUT2D eigenvalue weighted by Gasteiger charge is 2.27. The molecular weight excluding hydrogens is 743 g/mol. The zero-order chi connectivity index (χ0) is 41.9. The minimum atomic E-state index is -4.61. The van der Waals surface area contributed by atoms with Crippen molar-refractivity contribution in [3.63, 3.8) is 0 Å². The van der Waals surface area contributed by atoms with Crippen molar-refractivity contribution in [1.29, 1.82) is 0 Å². The Hall–Kier alpha value is -1.29. The highest BCUT2D eigenvalue weighted by molar-refractivity contribution is 7.47. The van der Waals surface area contributed by atoms with E-state index in [9.17, 15) is 24.2 Å². The molecule has 0 aromatic carbocycles. The van der Waals surface area contributed by atoms with Crippen molar-refractivity contribution in [2.45, 2.75) is 244 Å². The van der Waals surface area contributed by atoms with E-state index in [4.69, 9.17) is 19.1 Å². The van der Waals surface area contributed by atoms with Crippen LogP contribution in [0.3, 0.4) is 0 Å². The Bertz CT molecular complexity index is 961. The number of esters is 2. The van der Waals surface area contributed by atoms with Gasteiger partial charge in [-0.1, -0.05) is 199 Å². The Balaban J connectivity index is 4.08. The first-order valence-corrected chi connectivity index (χ1v) is 25.1. The summed E-state index contributed by atoms with van der Waals surface area (Å²) >= 11 is 0. The number of hydrogen-bond donors (Lipinski definition) is 3. The van der Waals surface area contributed by atoms with E-state index < -0.39 is 51.8 Å². The number of hydrogen-bond acceptors (Lipinski definition) is 9. The second-order valence-electron chi connectivity index (χ2n) is 16.1. The third kappa shape index (κ3) is 42.6. The van der Waals surface area contributed by atoms with Gasteiger partial charge >= 0.3 is 19.8 Å². The normalized spacial score (nSPS) is 13.8. The molecule has 0 aromatic heterocycles. The lowest BCUT2D eigenvalue weighted by atomic mass is 10.0. The molecule has 0 aliphatic heterocycles. The van der Waals surface area contributed by atoms with Gasteiger partial charge < -0.3 is 24.6 Å². The summed E-state index contributed by atoms with van der Waals surface area (Å²) in [6, 6.07) is 0. The topological polar surface area (TPSA) is 149 Å². The van der Waals surface area contributed by atoms with Crippen molar-refractivity contribution in [3.8, 4) is 0 Å². The number of carbonyl (C=O) groups is 2. The van der Waals surface area contributed by atoms with Crippen molar-refractivity contribution >= 4 is 19.8 Å². The van der Waals surface area contributed by atoms with Gasteiger partial charge in [0.05, 0.1) is 19.8 Å². The van der Waals surface area contributed by atoms with Gasteiger partial charge in [-0.25, -0.2) is 4.57 Å². The fraction of sp³-hybridized carbons (Fsp3) is 0.913. The van der Waals surface area contributed by atoms with Gasteiger partial charge in [0.1, 0.15) is 12.7 Å². The van der Waals surface area contributed by atoms with Crippen LogP contribution in [0.1, 0.15) is 232 Å². The summed E-state index contributed by atoms with van der Waals surface area (Å²) in [5.41, 5.74) is 0. The molecule has 3 atom stereocenters. The van der Waals surface area contributed by atoms with Gasteiger partial charge in [0.2, 0.25) is 0 Å². The predicted molar refractivity (Wildman–Crippen MR) is 233 cm³/mol. The lowest BCUT2D eigenvalue weighted by molar-refractivity contribution is -0.161. The van der Waals surface area contributed by atoms with Gasteiger partial charge in [0, 0.05) is 12.8 Å².